The molecule has 6 nitrogen and oxygen atoms in total. The van der Waals surface area contributed by atoms with E-state index in [9.17, 15) is 19.2 Å². The van der Waals surface area contributed by atoms with Crippen molar-refractivity contribution in [2.75, 3.05) is 9.80 Å². The van der Waals surface area contributed by atoms with E-state index in [1.165, 1.54) is 4.90 Å². The van der Waals surface area contributed by atoms with Crippen LogP contribution in [0, 0.1) is 0 Å². The van der Waals surface area contributed by atoms with Gasteiger partial charge in [-0.2, -0.15) is 0 Å². The molecule has 0 saturated heterocycles. The Morgan fingerprint density at radius 2 is 1.20 bits per heavy atom. The molecule has 0 N–H and O–H groups in total. The number of nitrogens with zero attached hydrogens (tertiary/aromatic N) is 2. The molecule has 0 aromatic heterocycles. The number of anilines is 2. The normalized spacial score (nSPS) is 20.7. The Hall–Kier alpha value is -3.62. The average molecular weight is 499 g/mol. The molecule has 6 rings (SSSR count). The van der Waals surface area contributed by atoms with Gasteiger partial charge in [0.1, 0.15) is 0 Å². The molecule has 2 aliphatic heterocycles. The van der Waals surface area contributed by atoms with Gasteiger partial charge >= 0.3 is 0 Å². The van der Waals surface area contributed by atoms with Crippen molar-refractivity contribution in [3.63, 3.8) is 0 Å². The van der Waals surface area contributed by atoms with Crippen molar-refractivity contribution in [2.24, 2.45) is 0 Å². The lowest BCUT2D eigenvalue weighted by Gasteiger charge is -2.44. The van der Waals surface area contributed by atoms with Crippen molar-refractivity contribution in [1.29, 1.82) is 0 Å². The van der Waals surface area contributed by atoms with E-state index in [-0.39, 0.29) is 6.42 Å². The SMILES string of the molecule is CC12CC=C3C(=O)N(c4ccc(S)cc4)C(=O)c4ccc(c1c43)C(=O)N(c1ccc(S)cc1)C2=O. The molecule has 0 spiro atoms. The summed E-state index contributed by atoms with van der Waals surface area (Å²) in [5.74, 6) is -1.84. The number of rotatable bonds is 2. The predicted molar refractivity (Wildman–Crippen MR) is 137 cm³/mol. The van der Waals surface area contributed by atoms with E-state index >= 15 is 0 Å². The van der Waals surface area contributed by atoms with Gasteiger partial charge < -0.3 is 0 Å². The summed E-state index contributed by atoms with van der Waals surface area (Å²) in [5.41, 5.74) is 1.57. The van der Waals surface area contributed by atoms with E-state index in [1.807, 2.05) is 0 Å². The van der Waals surface area contributed by atoms with Crippen molar-refractivity contribution in [3.8, 4) is 0 Å². The van der Waals surface area contributed by atoms with Gasteiger partial charge in [-0.1, -0.05) is 6.08 Å². The predicted octanol–water partition coefficient (Wildman–Crippen LogP) is 4.68. The lowest BCUT2D eigenvalue weighted by atomic mass is 9.65. The van der Waals surface area contributed by atoms with Crippen molar-refractivity contribution < 1.29 is 19.2 Å². The summed E-state index contributed by atoms with van der Waals surface area (Å²) in [6.07, 6.45) is 1.94. The molecular formula is C27H18N2O4S2. The van der Waals surface area contributed by atoms with E-state index in [0.717, 1.165) is 4.90 Å². The maximum atomic E-state index is 13.8. The second kappa shape index (κ2) is 7.44. The highest BCUT2D eigenvalue weighted by molar-refractivity contribution is 7.80. The topological polar surface area (TPSA) is 74.8 Å². The molecule has 8 heteroatoms. The molecule has 0 radical (unpaired) electrons. The van der Waals surface area contributed by atoms with E-state index < -0.39 is 29.0 Å². The lowest BCUT2D eigenvalue weighted by Crippen LogP contribution is -2.56. The highest BCUT2D eigenvalue weighted by atomic mass is 32.1. The molecule has 1 aliphatic carbocycles. The van der Waals surface area contributed by atoms with Gasteiger partial charge in [0, 0.05) is 32.1 Å². The van der Waals surface area contributed by atoms with Gasteiger partial charge in [0.2, 0.25) is 5.91 Å². The molecule has 0 bridgehead atoms. The van der Waals surface area contributed by atoms with Crippen LogP contribution >= 0.6 is 25.3 Å². The lowest BCUT2D eigenvalue weighted by molar-refractivity contribution is -0.123. The van der Waals surface area contributed by atoms with Crippen LogP contribution in [0.2, 0.25) is 0 Å². The van der Waals surface area contributed by atoms with Crippen LogP contribution in [-0.2, 0) is 15.0 Å². The van der Waals surface area contributed by atoms with Gasteiger partial charge in [0.25, 0.3) is 17.7 Å². The fourth-order valence-electron chi connectivity index (χ4n) is 5.18. The molecule has 1 unspecified atom stereocenters. The third-order valence-electron chi connectivity index (χ3n) is 6.93. The Morgan fingerprint density at radius 3 is 1.80 bits per heavy atom. The van der Waals surface area contributed by atoms with Crippen LogP contribution in [0.25, 0.3) is 5.57 Å². The molecule has 35 heavy (non-hydrogen) atoms. The first-order chi connectivity index (χ1) is 16.7. The minimum absolute atomic E-state index is 0.225. The number of hydrogen-bond acceptors (Lipinski definition) is 6. The summed E-state index contributed by atoms with van der Waals surface area (Å²) in [5, 5.41) is 0. The minimum atomic E-state index is -1.10. The van der Waals surface area contributed by atoms with Crippen molar-refractivity contribution >= 4 is 65.8 Å². The first kappa shape index (κ1) is 21.9. The van der Waals surface area contributed by atoms with Crippen LogP contribution in [0.3, 0.4) is 0 Å². The van der Waals surface area contributed by atoms with Crippen LogP contribution < -0.4 is 9.80 Å². The van der Waals surface area contributed by atoms with Gasteiger partial charge in [-0.05, 0) is 79.6 Å². The summed E-state index contributed by atoms with van der Waals surface area (Å²) in [4.78, 5) is 58.2. The second-order valence-corrected chi connectivity index (χ2v) is 10.0. The van der Waals surface area contributed by atoms with Gasteiger partial charge in [0.15, 0.2) is 0 Å². The molecular weight excluding hydrogens is 480 g/mol. The number of carbonyl (C=O) groups is 4. The highest BCUT2D eigenvalue weighted by Gasteiger charge is 2.53. The van der Waals surface area contributed by atoms with Gasteiger partial charge in [0.05, 0.1) is 16.8 Å². The molecule has 3 aliphatic rings. The standard InChI is InChI=1S/C27H18N2O4S2/c1-27-13-12-19-21-18(23(30)28(24(19)31)14-2-6-16(34)7-3-14)10-11-20(22(21)27)25(32)29(26(27)33)15-4-8-17(35)9-5-15/h2-12,34-35H,13H2,1H3. The monoisotopic (exact) mass is 498 g/mol. The first-order valence-corrected chi connectivity index (χ1v) is 11.9. The number of amides is 4. The minimum Gasteiger partial charge on any atom is -0.273 e. The summed E-state index contributed by atoms with van der Waals surface area (Å²) < 4.78 is 0. The number of thiol groups is 2. The molecule has 4 amide bonds. The van der Waals surface area contributed by atoms with Crippen LogP contribution in [0.5, 0.6) is 0 Å². The highest BCUT2D eigenvalue weighted by Crippen LogP contribution is 2.49. The average Bonchev–Trinajstić information content (AvgIpc) is 2.84. The zero-order valence-corrected chi connectivity index (χ0v) is 20.3. The fraction of sp³-hybridized carbons (Fsp3) is 0.111. The summed E-state index contributed by atoms with van der Waals surface area (Å²) in [7, 11) is 0. The largest absolute Gasteiger partial charge is 0.273 e. The third kappa shape index (κ3) is 2.93. The fourth-order valence-corrected chi connectivity index (χ4v) is 5.47. The van der Waals surface area contributed by atoms with Crippen molar-refractivity contribution in [2.45, 2.75) is 28.6 Å². The molecule has 2 heterocycles. The van der Waals surface area contributed by atoms with Crippen LogP contribution in [-0.4, -0.2) is 23.6 Å². The van der Waals surface area contributed by atoms with Gasteiger partial charge in [-0.25, -0.2) is 9.80 Å². The smallest absolute Gasteiger partial charge is 0.265 e. The Morgan fingerprint density at radius 1 is 0.686 bits per heavy atom. The number of allylic oxidation sites excluding steroid dienone is 1. The Kier molecular flexibility index (Phi) is 4.65. The number of hydrogen-bond donors (Lipinski definition) is 2. The Labute approximate surface area is 212 Å². The van der Waals surface area contributed by atoms with Crippen LogP contribution in [0.1, 0.15) is 45.2 Å². The van der Waals surface area contributed by atoms with E-state index in [2.05, 4.69) is 25.3 Å². The van der Waals surface area contributed by atoms with E-state index in [4.69, 9.17) is 0 Å². The molecule has 3 aromatic rings. The molecule has 0 fully saturated rings. The van der Waals surface area contributed by atoms with Crippen LogP contribution in [0.15, 0.2) is 76.5 Å². The van der Waals surface area contributed by atoms with Gasteiger partial charge in [-0.3, -0.25) is 19.2 Å². The molecule has 3 aromatic carbocycles. The molecule has 0 saturated carbocycles. The van der Waals surface area contributed by atoms with E-state index in [0.29, 0.717) is 49.0 Å². The number of benzene rings is 3. The summed E-state index contributed by atoms with van der Waals surface area (Å²) in [6.45, 7) is 1.76. The van der Waals surface area contributed by atoms with Crippen molar-refractivity contribution in [1.82, 2.24) is 0 Å². The third-order valence-corrected chi connectivity index (χ3v) is 7.53. The number of imide groups is 2. The Bertz CT molecular complexity index is 1530. The Balaban J connectivity index is 1.55. The van der Waals surface area contributed by atoms with E-state index in [1.54, 1.807) is 73.7 Å². The van der Waals surface area contributed by atoms with Crippen LogP contribution in [0.4, 0.5) is 11.4 Å². The van der Waals surface area contributed by atoms with Crippen molar-refractivity contribution in [3.05, 3.63) is 89.0 Å². The first-order valence-electron chi connectivity index (χ1n) is 11.0. The number of carbonyl (C=O) groups excluding carboxylic acids is 4. The maximum Gasteiger partial charge on any atom is 0.265 e. The molecule has 172 valence electrons. The second-order valence-electron chi connectivity index (χ2n) is 8.99. The summed E-state index contributed by atoms with van der Waals surface area (Å²) >= 11 is 8.56. The van der Waals surface area contributed by atoms with Gasteiger partial charge in [-0.15, -0.1) is 25.3 Å². The zero-order chi connectivity index (χ0) is 24.6. The molecule has 1 atom stereocenters. The summed E-state index contributed by atoms with van der Waals surface area (Å²) in [6, 6.07) is 16.7. The maximum absolute atomic E-state index is 13.8. The zero-order valence-electron chi connectivity index (χ0n) is 18.5. The quantitative estimate of drug-likeness (QED) is 0.397.